The monoisotopic (exact) mass is 359 g/mol. The van der Waals surface area contributed by atoms with Gasteiger partial charge in [-0.15, -0.1) is 0 Å². The highest BCUT2D eigenvalue weighted by molar-refractivity contribution is 6.31. The minimum atomic E-state index is -4.52. The van der Waals surface area contributed by atoms with Crippen molar-refractivity contribution in [1.82, 2.24) is 10.3 Å². The van der Waals surface area contributed by atoms with Gasteiger partial charge >= 0.3 is 6.18 Å². The maximum atomic E-state index is 12.8. The summed E-state index contributed by atoms with van der Waals surface area (Å²) in [6.45, 7) is 0.0474. The predicted octanol–water partition coefficient (Wildman–Crippen LogP) is 3.30. The molecule has 1 aromatic carbocycles. The summed E-state index contributed by atoms with van der Waals surface area (Å²) in [6, 6.07) is 6.10. The highest BCUT2D eigenvalue weighted by Crippen LogP contribution is 2.33. The van der Waals surface area contributed by atoms with E-state index >= 15 is 0 Å². The number of alkyl halides is 3. The third-order valence-corrected chi connectivity index (χ3v) is 3.25. The fraction of sp³-hybridized carbons (Fsp3) is 0.200. The molecule has 128 valence electrons. The highest BCUT2D eigenvalue weighted by atomic mass is 35.5. The van der Waals surface area contributed by atoms with Crippen molar-refractivity contribution in [1.29, 1.82) is 0 Å². The second-order valence-electron chi connectivity index (χ2n) is 4.74. The van der Waals surface area contributed by atoms with Gasteiger partial charge in [-0.3, -0.25) is 4.79 Å². The van der Waals surface area contributed by atoms with Crippen LogP contribution in [0.15, 0.2) is 36.5 Å². The Kier molecular flexibility index (Phi) is 5.50. The molecule has 0 atom stereocenters. The molecule has 3 N–H and O–H groups in total. The first kappa shape index (κ1) is 17.9. The molecule has 0 radical (unpaired) electrons. The average Bonchev–Trinajstić information content (AvgIpc) is 2.53. The van der Waals surface area contributed by atoms with E-state index < -0.39 is 17.6 Å². The van der Waals surface area contributed by atoms with E-state index in [1.165, 1.54) is 30.5 Å². The van der Waals surface area contributed by atoms with Crippen LogP contribution < -0.4 is 10.6 Å². The van der Waals surface area contributed by atoms with Gasteiger partial charge in [0, 0.05) is 24.3 Å². The van der Waals surface area contributed by atoms with E-state index in [-0.39, 0.29) is 35.2 Å². The number of rotatable bonds is 5. The summed E-state index contributed by atoms with van der Waals surface area (Å²) >= 11 is 5.74. The third kappa shape index (κ3) is 4.51. The lowest BCUT2D eigenvalue weighted by atomic mass is 10.2. The zero-order valence-electron chi connectivity index (χ0n) is 12.2. The molecule has 1 amide bonds. The zero-order chi connectivity index (χ0) is 17.7. The van der Waals surface area contributed by atoms with E-state index in [1.54, 1.807) is 0 Å². The second-order valence-corrected chi connectivity index (χ2v) is 5.18. The summed E-state index contributed by atoms with van der Waals surface area (Å²) in [5.41, 5.74) is -0.903. The van der Waals surface area contributed by atoms with Crippen molar-refractivity contribution < 1.29 is 23.1 Å². The molecule has 0 aliphatic carbocycles. The predicted molar refractivity (Wildman–Crippen MR) is 83.2 cm³/mol. The maximum Gasteiger partial charge on any atom is 0.419 e. The maximum absolute atomic E-state index is 12.8. The van der Waals surface area contributed by atoms with Crippen molar-refractivity contribution in [2.75, 3.05) is 18.4 Å². The Morgan fingerprint density at radius 2 is 2.00 bits per heavy atom. The Labute approximate surface area is 140 Å². The minimum absolute atomic E-state index is 0.0173. The van der Waals surface area contributed by atoms with Crippen LogP contribution in [0.4, 0.5) is 19.0 Å². The molecule has 9 heteroatoms. The lowest BCUT2D eigenvalue weighted by molar-refractivity contribution is -0.137. The Bertz CT molecular complexity index is 738. The molecule has 0 aliphatic heterocycles. The molecule has 0 saturated heterocycles. The number of aromatic hydroxyl groups is 1. The number of pyridine rings is 1. The minimum Gasteiger partial charge on any atom is -0.507 e. The molecule has 5 nitrogen and oxygen atoms in total. The topological polar surface area (TPSA) is 74.2 Å². The Balaban J connectivity index is 1.92. The van der Waals surface area contributed by atoms with Crippen LogP contribution in [-0.2, 0) is 6.18 Å². The van der Waals surface area contributed by atoms with Crippen LogP contribution in [0.3, 0.4) is 0 Å². The molecule has 2 aromatic rings. The van der Waals surface area contributed by atoms with Crippen LogP contribution in [0.25, 0.3) is 0 Å². The first-order chi connectivity index (χ1) is 11.3. The van der Waals surface area contributed by atoms with Crippen molar-refractivity contribution in [3.05, 3.63) is 52.7 Å². The Hall–Kier alpha value is -2.48. The Morgan fingerprint density at radius 3 is 2.71 bits per heavy atom. The van der Waals surface area contributed by atoms with E-state index in [0.29, 0.717) is 0 Å². The van der Waals surface area contributed by atoms with Crippen LogP contribution in [0.5, 0.6) is 5.75 Å². The van der Waals surface area contributed by atoms with E-state index in [0.717, 1.165) is 6.07 Å². The summed E-state index contributed by atoms with van der Waals surface area (Å²) in [6.07, 6.45) is -3.29. The van der Waals surface area contributed by atoms with Crippen molar-refractivity contribution in [3.8, 4) is 5.75 Å². The highest BCUT2D eigenvalue weighted by Gasteiger charge is 2.33. The molecular formula is C15H13ClF3N3O2. The molecule has 0 spiro atoms. The molecule has 2 rings (SSSR count). The van der Waals surface area contributed by atoms with Gasteiger partial charge in [0.05, 0.1) is 11.1 Å². The first-order valence-corrected chi connectivity index (χ1v) is 7.19. The number of benzene rings is 1. The van der Waals surface area contributed by atoms with Crippen LogP contribution >= 0.6 is 11.6 Å². The number of nitrogens with one attached hydrogen (secondary N) is 2. The number of halogens is 4. The number of hydrogen-bond donors (Lipinski definition) is 3. The number of aromatic nitrogens is 1. The van der Waals surface area contributed by atoms with Gasteiger partial charge in [-0.25, -0.2) is 4.98 Å². The largest absolute Gasteiger partial charge is 0.507 e. The number of amides is 1. The van der Waals surface area contributed by atoms with Crippen LogP contribution in [-0.4, -0.2) is 29.1 Å². The summed E-state index contributed by atoms with van der Waals surface area (Å²) in [5, 5.41) is 14.9. The molecule has 24 heavy (non-hydrogen) atoms. The van der Waals surface area contributed by atoms with E-state index in [2.05, 4.69) is 15.6 Å². The van der Waals surface area contributed by atoms with Crippen LogP contribution in [0.2, 0.25) is 5.02 Å². The van der Waals surface area contributed by atoms with Crippen molar-refractivity contribution in [2.24, 2.45) is 0 Å². The van der Waals surface area contributed by atoms with Gasteiger partial charge in [-0.05, 0) is 30.3 Å². The zero-order valence-corrected chi connectivity index (χ0v) is 12.9. The molecule has 0 saturated carbocycles. The lowest BCUT2D eigenvalue weighted by Crippen LogP contribution is -2.29. The van der Waals surface area contributed by atoms with Gasteiger partial charge in [0.1, 0.15) is 11.6 Å². The molecule has 0 unspecified atom stereocenters. The van der Waals surface area contributed by atoms with Gasteiger partial charge < -0.3 is 15.7 Å². The molecule has 0 aliphatic rings. The lowest BCUT2D eigenvalue weighted by Gasteiger charge is -2.13. The van der Waals surface area contributed by atoms with Crippen molar-refractivity contribution in [2.45, 2.75) is 6.18 Å². The summed E-state index contributed by atoms with van der Waals surface area (Å²) in [4.78, 5) is 15.5. The van der Waals surface area contributed by atoms with Crippen LogP contribution in [0.1, 0.15) is 15.9 Å². The van der Waals surface area contributed by atoms with Gasteiger partial charge in [-0.2, -0.15) is 13.2 Å². The van der Waals surface area contributed by atoms with Crippen molar-refractivity contribution >= 4 is 23.3 Å². The Morgan fingerprint density at radius 1 is 1.25 bits per heavy atom. The normalized spacial score (nSPS) is 11.2. The quantitative estimate of drug-likeness (QED) is 0.716. The summed E-state index contributed by atoms with van der Waals surface area (Å²) in [5.74, 6) is -1.15. The number of carbonyl (C=O) groups excluding carboxylic acids is 1. The average molecular weight is 360 g/mol. The van der Waals surface area contributed by atoms with E-state index in [9.17, 15) is 23.1 Å². The first-order valence-electron chi connectivity index (χ1n) is 6.82. The molecular weight excluding hydrogens is 347 g/mol. The third-order valence-electron chi connectivity index (χ3n) is 3.02. The number of carbonyl (C=O) groups is 1. The van der Waals surface area contributed by atoms with Gasteiger partial charge in [0.25, 0.3) is 5.91 Å². The molecule has 0 bridgehead atoms. The number of phenolic OH excluding ortho intramolecular Hbond substituents is 1. The second kappa shape index (κ2) is 7.39. The number of anilines is 1. The smallest absolute Gasteiger partial charge is 0.419 e. The summed E-state index contributed by atoms with van der Waals surface area (Å²) in [7, 11) is 0. The fourth-order valence-corrected chi connectivity index (χ4v) is 2.09. The molecule has 1 aromatic heterocycles. The summed E-state index contributed by atoms with van der Waals surface area (Å²) < 4.78 is 38.4. The fourth-order valence-electron chi connectivity index (χ4n) is 1.92. The standard InChI is InChI=1S/C15H13ClF3N3O2/c16-9-3-4-12(23)10(8-9)14(24)22-7-6-21-13-11(15(17,18)19)2-1-5-20-13/h1-5,8,23H,6-7H2,(H,20,21)(H,22,24). The van der Waals surface area contributed by atoms with E-state index in [1.807, 2.05) is 0 Å². The van der Waals surface area contributed by atoms with Gasteiger partial charge in [0.15, 0.2) is 0 Å². The van der Waals surface area contributed by atoms with E-state index in [4.69, 9.17) is 11.6 Å². The number of phenols is 1. The molecule has 0 fully saturated rings. The van der Waals surface area contributed by atoms with Crippen molar-refractivity contribution in [3.63, 3.8) is 0 Å². The SMILES string of the molecule is O=C(NCCNc1ncccc1C(F)(F)F)c1cc(Cl)ccc1O. The van der Waals surface area contributed by atoms with Gasteiger partial charge in [0.2, 0.25) is 0 Å². The molecule has 1 heterocycles. The number of hydrogen-bond acceptors (Lipinski definition) is 4. The van der Waals surface area contributed by atoms with Crippen LogP contribution in [0, 0.1) is 0 Å². The number of nitrogens with zero attached hydrogens (tertiary/aromatic N) is 1. The van der Waals surface area contributed by atoms with Gasteiger partial charge in [-0.1, -0.05) is 11.6 Å².